The minimum absolute atomic E-state index is 0.557. The van der Waals surface area contributed by atoms with Gasteiger partial charge in [-0.25, -0.2) is 0 Å². The van der Waals surface area contributed by atoms with Gasteiger partial charge in [-0.2, -0.15) is 0 Å². The van der Waals surface area contributed by atoms with E-state index in [2.05, 4.69) is 48.8 Å². The summed E-state index contributed by atoms with van der Waals surface area (Å²) in [4.78, 5) is 0. The molecule has 0 aromatic heterocycles. The fraction of sp³-hybridized carbons (Fsp3) is 0.250. The molecule has 2 aromatic carbocycles. The van der Waals surface area contributed by atoms with Crippen LogP contribution >= 0.6 is 15.9 Å². The molecule has 0 amide bonds. The lowest BCUT2D eigenvalue weighted by atomic mass is 9.92. The molecule has 1 atom stereocenters. The maximum absolute atomic E-state index is 10.5. The van der Waals surface area contributed by atoms with Crippen LogP contribution in [-0.2, 0) is 0 Å². The summed E-state index contributed by atoms with van der Waals surface area (Å²) in [6, 6.07) is 12.0. The smallest absolute Gasteiger partial charge is 0.105 e. The summed E-state index contributed by atoms with van der Waals surface area (Å²) in [5.74, 6) is 0. The first kappa shape index (κ1) is 13.3. The normalized spacial score (nSPS) is 12.5. The number of aryl methyl sites for hydroxylation is 3. The average Bonchev–Trinajstić information content (AvgIpc) is 2.28. The molecule has 0 fully saturated rings. The molecule has 18 heavy (non-hydrogen) atoms. The fourth-order valence-electron chi connectivity index (χ4n) is 2.43. The largest absolute Gasteiger partial charge is 0.384 e. The van der Waals surface area contributed by atoms with Crippen LogP contribution < -0.4 is 0 Å². The molecule has 0 aliphatic rings. The van der Waals surface area contributed by atoms with Gasteiger partial charge in [0, 0.05) is 4.47 Å². The van der Waals surface area contributed by atoms with Crippen LogP contribution in [0.3, 0.4) is 0 Å². The maximum Gasteiger partial charge on any atom is 0.105 e. The molecule has 0 saturated heterocycles. The standard InChI is InChI=1S/C16H17BrO/c1-10-8-11(2)15(12(3)9-10)16(18)13-4-6-14(17)7-5-13/h4-9,16,18H,1-3H3/t16-/m0/s1. The monoisotopic (exact) mass is 304 g/mol. The molecule has 0 radical (unpaired) electrons. The molecule has 0 aliphatic heterocycles. The number of halogens is 1. The first-order chi connectivity index (χ1) is 8.49. The van der Waals surface area contributed by atoms with Gasteiger partial charge in [0.2, 0.25) is 0 Å². The van der Waals surface area contributed by atoms with Crippen molar-refractivity contribution >= 4 is 15.9 Å². The lowest BCUT2D eigenvalue weighted by molar-refractivity contribution is 0.218. The second kappa shape index (κ2) is 5.25. The van der Waals surface area contributed by atoms with Crippen molar-refractivity contribution < 1.29 is 5.11 Å². The molecule has 0 heterocycles. The second-order valence-corrected chi connectivity index (χ2v) is 5.68. The zero-order valence-electron chi connectivity index (χ0n) is 10.9. The Bertz CT molecular complexity index is 535. The van der Waals surface area contributed by atoms with Crippen LogP contribution in [0.25, 0.3) is 0 Å². The van der Waals surface area contributed by atoms with Crippen molar-refractivity contribution in [2.45, 2.75) is 26.9 Å². The van der Waals surface area contributed by atoms with Crippen LogP contribution in [0.1, 0.15) is 33.9 Å². The molecule has 0 spiro atoms. The van der Waals surface area contributed by atoms with Crippen molar-refractivity contribution in [3.63, 3.8) is 0 Å². The van der Waals surface area contributed by atoms with Gasteiger partial charge in [0.25, 0.3) is 0 Å². The summed E-state index contributed by atoms with van der Waals surface area (Å²) < 4.78 is 1.02. The Labute approximate surface area is 117 Å². The number of aliphatic hydroxyl groups is 1. The number of hydrogen-bond donors (Lipinski definition) is 1. The van der Waals surface area contributed by atoms with Gasteiger partial charge in [-0.1, -0.05) is 45.8 Å². The molecule has 2 aromatic rings. The molecule has 94 valence electrons. The highest BCUT2D eigenvalue weighted by Gasteiger charge is 2.15. The van der Waals surface area contributed by atoms with Crippen LogP contribution in [0, 0.1) is 20.8 Å². The zero-order chi connectivity index (χ0) is 13.3. The van der Waals surface area contributed by atoms with Crippen molar-refractivity contribution in [3.05, 3.63) is 68.7 Å². The Morgan fingerprint density at radius 1 is 0.944 bits per heavy atom. The Balaban J connectivity index is 2.46. The molecule has 2 rings (SSSR count). The van der Waals surface area contributed by atoms with Gasteiger partial charge in [-0.15, -0.1) is 0 Å². The van der Waals surface area contributed by atoms with E-state index >= 15 is 0 Å². The van der Waals surface area contributed by atoms with Crippen molar-refractivity contribution in [2.24, 2.45) is 0 Å². The van der Waals surface area contributed by atoms with Gasteiger partial charge in [-0.05, 0) is 55.2 Å². The topological polar surface area (TPSA) is 20.2 Å². The van der Waals surface area contributed by atoms with Crippen LogP contribution in [0.15, 0.2) is 40.9 Å². The third kappa shape index (κ3) is 2.65. The van der Waals surface area contributed by atoms with E-state index in [4.69, 9.17) is 0 Å². The van der Waals surface area contributed by atoms with Crippen LogP contribution in [0.2, 0.25) is 0 Å². The summed E-state index contributed by atoms with van der Waals surface area (Å²) in [7, 11) is 0. The molecule has 0 saturated carbocycles. The van der Waals surface area contributed by atoms with E-state index in [1.807, 2.05) is 24.3 Å². The summed E-state index contributed by atoms with van der Waals surface area (Å²) in [5.41, 5.74) is 5.46. The van der Waals surface area contributed by atoms with E-state index in [0.29, 0.717) is 0 Å². The number of benzene rings is 2. The van der Waals surface area contributed by atoms with E-state index in [-0.39, 0.29) is 0 Å². The molecule has 0 unspecified atom stereocenters. The van der Waals surface area contributed by atoms with Gasteiger partial charge < -0.3 is 5.11 Å². The van der Waals surface area contributed by atoms with Crippen LogP contribution in [0.4, 0.5) is 0 Å². The van der Waals surface area contributed by atoms with Gasteiger partial charge in [0.1, 0.15) is 6.10 Å². The minimum atomic E-state index is -0.557. The Morgan fingerprint density at radius 3 is 1.94 bits per heavy atom. The summed E-state index contributed by atoms with van der Waals surface area (Å²) in [5, 5.41) is 10.5. The first-order valence-electron chi connectivity index (χ1n) is 6.00. The SMILES string of the molecule is Cc1cc(C)c([C@@H](O)c2ccc(Br)cc2)c(C)c1. The third-order valence-electron chi connectivity index (χ3n) is 3.20. The fourth-order valence-corrected chi connectivity index (χ4v) is 2.70. The maximum atomic E-state index is 10.5. The van der Waals surface area contributed by atoms with Crippen molar-refractivity contribution in [2.75, 3.05) is 0 Å². The highest BCUT2D eigenvalue weighted by atomic mass is 79.9. The molecule has 0 aliphatic carbocycles. The van der Waals surface area contributed by atoms with Gasteiger partial charge in [0.05, 0.1) is 0 Å². The van der Waals surface area contributed by atoms with Crippen molar-refractivity contribution in [3.8, 4) is 0 Å². The van der Waals surface area contributed by atoms with E-state index in [1.165, 1.54) is 5.56 Å². The van der Waals surface area contributed by atoms with Crippen molar-refractivity contribution in [1.82, 2.24) is 0 Å². The predicted molar refractivity (Wildman–Crippen MR) is 78.9 cm³/mol. The van der Waals surface area contributed by atoms with E-state index < -0.39 is 6.10 Å². The van der Waals surface area contributed by atoms with E-state index in [0.717, 1.165) is 26.7 Å². The molecule has 1 N–H and O–H groups in total. The highest BCUT2D eigenvalue weighted by molar-refractivity contribution is 9.10. The summed E-state index contributed by atoms with van der Waals surface area (Å²) in [6.45, 7) is 6.19. The number of aliphatic hydroxyl groups excluding tert-OH is 1. The molecule has 0 bridgehead atoms. The Hall–Kier alpha value is -1.12. The summed E-state index contributed by atoms with van der Waals surface area (Å²) in [6.07, 6.45) is -0.557. The van der Waals surface area contributed by atoms with Gasteiger partial charge in [-0.3, -0.25) is 0 Å². The lowest BCUT2D eigenvalue weighted by Gasteiger charge is -2.18. The highest BCUT2D eigenvalue weighted by Crippen LogP contribution is 2.29. The number of rotatable bonds is 2. The zero-order valence-corrected chi connectivity index (χ0v) is 12.5. The van der Waals surface area contributed by atoms with E-state index in [9.17, 15) is 5.11 Å². The molecular weight excluding hydrogens is 288 g/mol. The minimum Gasteiger partial charge on any atom is -0.384 e. The summed E-state index contributed by atoms with van der Waals surface area (Å²) >= 11 is 3.41. The van der Waals surface area contributed by atoms with Crippen LogP contribution in [-0.4, -0.2) is 5.11 Å². The number of hydrogen-bond acceptors (Lipinski definition) is 1. The van der Waals surface area contributed by atoms with Gasteiger partial charge >= 0.3 is 0 Å². The second-order valence-electron chi connectivity index (χ2n) is 4.77. The average molecular weight is 305 g/mol. The molecular formula is C16H17BrO. The first-order valence-corrected chi connectivity index (χ1v) is 6.79. The molecule has 2 heteroatoms. The van der Waals surface area contributed by atoms with Crippen LogP contribution in [0.5, 0.6) is 0 Å². The van der Waals surface area contributed by atoms with Gasteiger partial charge in [0.15, 0.2) is 0 Å². The quantitative estimate of drug-likeness (QED) is 0.868. The molecule has 1 nitrogen and oxygen atoms in total. The Morgan fingerprint density at radius 2 is 1.44 bits per heavy atom. The third-order valence-corrected chi connectivity index (χ3v) is 3.73. The Kier molecular flexibility index (Phi) is 3.88. The van der Waals surface area contributed by atoms with Crippen molar-refractivity contribution in [1.29, 1.82) is 0 Å². The van der Waals surface area contributed by atoms with E-state index in [1.54, 1.807) is 0 Å². The predicted octanol–water partition coefficient (Wildman–Crippen LogP) is 4.46. The lowest BCUT2D eigenvalue weighted by Crippen LogP contribution is -2.05.